The summed E-state index contributed by atoms with van der Waals surface area (Å²) in [6.45, 7) is 0.0462. The number of aromatic nitrogens is 1. The van der Waals surface area contributed by atoms with Crippen molar-refractivity contribution >= 4 is 49.8 Å². The van der Waals surface area contributed by atoms with E-state index < -0.39 is 27.2 Å². The van der Waals surface area contributed by atoms with Crippen molar-refractivity contribution in [1.82, 2.24) is 9.88 Å². The molecule has 228 valence electrons. The molecule has 12 heteroatoms. The summed E-state index contributed by atoms with van der Waals surface area (Å²) in [5, 5.41) is 7.28. The van der Waals surface area contributed by atoms with E-state index in [1.807, 2.05) is 36.4 Å². The standard InChI is InChI=1S/C32H33N5O6S/c1-37-18-22-17-24(5-10-28(22)44(40,41)25-6-7-25)36-32(39)43-14-12-20-15-21(3-9-27(20)42-2)29(31(37)38)35-23-4-8-26-19(16-23)11-13-34-30(26)33/h3-5,8-11,13,15-17,25,29,35H,6-7,12,14,18H2,1-2H3,(H2,33,34)(H,36,39)/t29-/m1/s1. The summed E-state index contributed by atoms with van der Waals surface area (Å²) >= 11 is 0. The number of nitrogens with two attached hydrogens (primary N) is 1. The first-order valence-corrected chi connectivity index (χ1v) is 15.8. The number of fused-ring (bicyclic) bond motifs is 5. The predicted molar refractivity (Wildman–Crippen MR) is 167 cm³/mol. The minimum Gasteiger partial charge on any atom is -0.496 e. The second-order valence-electron chi connectivity index (χ2n) is 11.1. The molecule has 2 heterocycles. The fourth-order valence-electron chi connectivity index (χ4n) is 5.50. The van der Waals surface area contributed by atoms with Crippen molar-refractivity contribution in [2.24, 2.45) is 0 Å². The van der Waals surface area contributed by atoms with E-state index in [1.165, 1.54) is 11.0 Å². The van der Waals surface area contributed by atoms with Crippen LogP contribution in [0.4, 0.5) is 22.0 Å². The van der Waals surface area contributed by atoms with E-state index in [9.17, 15) is 18.0 Å². The molecule has 0 saturated heterocycles. The summed E-state index contributed by atoms with van der Waals surface area (Å²) in [6, 6.07) is 16.6. The molecule has 1 aliphatic carbocycles. The molecule has 1 aliphatic heterocycles. The Morgan fingerprint density at radius 1 is 1.05 bits per heavy atom. The number of nitrogen functional groups attached to an aromatic ring is 1. The first-order valence-electron chi connectivity index (χ1n) is 14.3. The fraction of sp³-hybridized carbons (Fsp3) is 0.281. The Balaban J connectivity index is 1.43. The number of rotatable bonds is 5. The lowest BCUT2D eigenvalue weighted by Crippen LogP contribution is -2.35. The van der Waals surface area contributed by atoms with Crippen LogP contribution in [0.25, 0.3) is 10.8 Å². The largest absolute Gasteiger partial charge is 0.496 e. The van der Waals surface area contributed by atoms with E-state index in [0.29, 0.717) is 53.3 Å². The summed E-state index contributed by atoms with van der Waals surface area (Å²) in [5.41, 5.74) is 8.92. The molecule has 4 aromatic rings. The molecule has 4 bridgehead atoms. The van der Waals surface area contributed by atoms with Crippen molar-refractivity contribution in [1.29, 1.82) is 0 Å². The summed E-state index contributed by atoms with van der Waals surface area (Å²) in [5.74, 6) is 0.718. The van der Waals surface area contributed by atoms with Crippen LogP contribution in [0.2, 0.25) is 0 Å². The summed E-state index contributed by atoms with van der Waals surface area (Å²) in [6.07, 6.45) is 2.50. The Labute approximate surface area is 255 Å². The van der Waals surface area contributed by atoms with Crippen molar-refractivity contribution < 1.29 is 27.5 Å². The molecular formula is C32H33N5O6S. The molecule has 0 spiro atoms. The van der Waals surface area contributed by atoms with Crippen LogP contribution >= 0.6 is 0 Å². The maximum atomic E-state index is 14.3. The van der Waals surface area contributed by atoms with E-state index in [1.54, 1.807) is 38.6 Å². The molecule has 4 N–H and O–H groups in total. The number of sulfone groups is 1. The van der Waals surface area contributed by atoms with Crippen molar-refractivity contribution in [3.8, 4) is 5.75 Å². The highest BCUT2D eigenvalue weighted by Crippen LogP contribution is 2.37. The lowest BCUT2D eigenvalue weighted by Gasteiger charge is -2.27. The Bertz CT molecular complexity index is 1870. The molecule has 6 rings (SSSR count). The number of hydrogen-bond donors (Lipinski definition) is 3. The minimum absolute atomic E-state index is 0.00814. The van der Waals surface area contributed by atoms with Gasteiger partial charge >= 0.3 is 6.09 Å². The van der Waals surface area contributed by atoms with Gasteiger partial charge < -0.3 is 25.4 Å². The van der Waals surface area contributed by atoms with Crippen LogP contribution in [0.15, 0.2) is 71.8 Å². The molecule has 1 saturated carbocycles. The van der Waals surface area contributed by atoms with Gasteiger partial charge in [-0.1, -0.05) is 6.07 Å². The Morgan fingerprint density at radius 2 is 1.86 bits per heavy atom. The molecule has 11 nitrogen and oxygen atoms in total. The number of amides is 2. The number of carbonyl (C=O) groups is 2. The van der Waals surface area contributed by atoms with Gasteiger partial charge in [0.25, 0.3) is 0 Å². The fourth-order valence-corrected chi connectivity index (χ4v) is 7.36. The summed E-state index contributed by atoms with van der Waals surface area (Å²) in [7, 11) is -0.407. The highest BCUT2D eigenvalue weighted by Gasteiger charge is 2.38. The van der Waals surface area contributed by atoms with Gasteiger partial charge in [0.05, 0.1) is 23.9 Å². The normalized spacial score (nSPS) is 17.7. The van der Waals surface area contributed by atoms with E-state index in [0.717, 1.165) is 16.3 Å². The Morgan fingerprint density at radius 3 is 2.64 bits per heavy atom. The van der Waals surface area contributed by atoms with E-state index in [4.69, 9.17) is 15.2 Å². The number of pyridine rings is 1. The van der Waals surface area contributed by atoms with Crippen molar-refractivity contribution in [3.05, 3.63) is 83.6 Å². The second-order valence-corrected chi connectivity index (χ2v) is 13.2. The minimum atomic E-state index is -3.59. The zero-order valence-electron chi connectivity index (χ0n) is 24.4. The van der Waals surface area contributed by atoms with Gasteiger partial charge in [0, 0.05) is 43.0 Å². The summed E-state index contributed by atoms with van der Waals surface area (Å²) in [4.78, 5) is 32.7. The predicted octanol–water partition coefficient (Wildman–Crippen LogP) is 4.68. The Hall–Kier alpha value is -4.84. The molecule has 3 aromatic carbocycles. The third kappa shape index (κ3) is 5.85. The van der Waals surface area contributed by atoms with Crippen molar-refractivity contribution in [2.45, 2.75) is 42.0 Å². The lowest BCUT2D eigenvalue weighted by molar-refractivity contribution is -0.131. The molecule has 2 amide bonds. The lowest BCUT2D eigenvalue weighted by atomic mass is 9.99. The van der Waals surface area contributed by atoms with E-state index in [-0.39, 0.29) is 24.0 Å². The number of hydrogen-bond acceptors (Lipinski definition) is 9. The number of nitrogens with one attached hydrogen (secondary N) is 2. The highest BCUT2D eigenvalue weighted by molar-refractivity contribution is 7.92. The van der Waals surface area contributed by atoms with Crippen LogP contribution in [-0.2, 0) is 32.3 Å². The van der Waals surface area contributed by atoms with E-state index in [2.05, 4.69) is 15.6 Å². The van der Waals surface area contributed by atoms with Crippen LogP contribution < -0.4 is 21.1 Å². The number of nitrogens with zero attached hydrogens (tertiary/aromatic N) is 2. The summed E-state index contributed by atoms with van der Waals surface area (Å²) < 4.78 is 37.7. The first-order chi connectivity index (χ1) is 21.1. The number of anilines is 3. The van der Waals surface area contributed by atoms with Gasteiger partial charge in [-0.3, -0.25) is 10.1 Å². The maximum absolute atomic E-state index is 14.3. The van der Waals surface area contributed by atoms with Gasteiger partial charge in [0.2, 0.25) is 5.91 Å². The van der Waals surface area contributed by atoms with Crippen molar-refractivity contribution in [2.75, 3.05) is 37.1 Å². The van der Waals surface area contributed by atoms with E-state index >= 15 is 0 Å². The zero-order valence-corrected chi connectivity index (χ0v) is 25.2. The molecule has 44 heavy (non-hydrogen) atoms. The monoisotopic (exact) mass is 615 g/mol. The van der Waals surface area contributed by atoms with Crippen LogP contribution in [0.5, 0.6) is 5.75 Å². The average Bonchev–Trinajstić information content (AvgIpc) is 3.86. The first kappa shape index (κ1) is 29.2. The molecule has 1 fully saturated rings. The number of carbonyl (C=O) groups excluding carboxylic acids is 2. The molecule has 1 aromatic heterocycles. The number of benzene rings is 3. The van der Waals surface area contributed by atoms with Gasteiger partial charge in [-0.15, -0.1) is 0 Å². The zero-order chi connectivity index (χ0) is 31.0. The topological polar surface area (TPSA) is 153 Å². The Kier molecular flexibility index (Phi) is 7.76. The van der Waals surface area contributed by atoms with Crippen LogP contribution in [0.3, 0.4) is 0 Å². The van der Waals surface area contributed by atoms with Crippen LogP contribution in [0.1, 0.15) is 35.6 Å². The number of ether oxygens (including phenoxy) is 2. The smallest absolute Gasteiger partial charge is 0.411 e. The number of likely N-dealkylation sites (N-methyl/N-ethyl adjacent to an activating group) is 1. The molecule has 2 aliphatic rings. The second kappa shape index (κ2) is 11.7. The molecule has 1 atom stereocenters. The van der Waals surface area contributed by atoms with Crippen LogP contribution in [-0.4, -0.2) is 56.3 Å². The van der Waals surface area contributed by atoms with Gasteiger partial charge in [0.1, 0.15) is 17.6 Å². The van der Waals surface area contributed by atoms with Crippen LogP contribution in [0, 0.1) is 0 Å². The van der Waals surface area contributed by atoms with Gasteiger partial charge in [-0.25, -0.2) is 18.2 Å². The maximum Gasteiger partial charge on any atom is 0.411 e. The molecule has 0 unspecified atom stereocenters. The van der Waals surface area contributed by atoms with Gasteiger partial charge in [-0.2, -0.15) is 0 Å². The quantitative estimate of drug-likeness (QED) is 0.291. The van der Waals surface area contributed by atoms with Crippen molar-refractivity contribution in [3.63, 3.8) is 0 Å². The third-order valence-corrected chi connectivity index (χ3v) is 10.3. The van der Waals surface area contributed by atoms with Gasteiger partial charge in [0.15, 0.2) is 9.84 Å². The third-order valence-electron chi connectivity index (χ3n) is 7.96. The molecule has 0 radical (unpaired) electrons. The highest BCUT2D eigenvalue weighted by atomic mass is 32.2. The average molecular weight is 616 g/mol. The number of methoxy groups -OCH3 is 1. The number of cyclic esters (lactones) is 1. The molecular weight excluding hydrogens is 582 g/mol. The SMILES string of the molecule is COc1ccc2cc1CCOC(=O)Nc1ccc(S(=O)(=O)C3CC3)c(c1)CN(C)C(=O)[C@@H]2Nc1ccc2c(N)nccc2c1. The van der Waals surface area contributed by atoms with Gasteiger partial charge in [-0.05, 0) is 89.5 Å².